The predicted octanol–water partition coefficient (Wildman–Crippen LogP) is 2.14. The molecule has 1 aromatic heterocycles. The number of aliphatic hydroxyl groups is 1. The normalized spacial score (nSPS) is 12.5. The molecule has 14 heavy (non-hydrogen) atoms. The van der Waals surface area contributed by atoms with E-state index >= 15 is 0 Å². The van der Waals surface area contributed by atoms with Crippen molar-refractivity contribution in [3.05, 3.63) is 23.9 Å². The van der Waals surface area contributed by atoms with Crippen molar-refractivity contribution < 1.29 is 9.84 Å². The molecule has 0 fully saturated rings. The highest BCUT2D eigenvalue weighted by molar-refractivity contribution is 5.19. The van der Waals surface area contributed by atoms with Gasteiger partial charge < -0.3 is 9.84 Å². The van der Waals surface area contributed by atoms with E-state index in [2.05, 4.69) is 11.9 Å². The lowest BCUT2D eigenvalue weighted by Gasteiger charge is -2.12. The van der Waals surface area contributed by atoms with Gasteiger partial charge in [0.2, 0.25) is 5.88 Å². The first-order valence-electron chi connectivity index (χ1n) is 4.98. The summed E-state index contributed by atoms with van der Waals surface area (Å²) in [7, 11) is 0. The molecule has 0 saturated heterocycles. The minimum Gasteiger partial charge on any atom is -0.475 e. The predicted molar refractivity (Wildman–Crippen MR) is 55.2 cm³/mol. The third kappa shape index (κ3) is 3.34. The standard InChI is InChI=1S/C11H17NO2/c1-3-4-9(2)14-11-7-10(8-13)5-6-12-11/h5-7,9,13H,3-4,8H2,1-2H3. The zero-order valence-electron chi connectivity index (χ0n) is 8.73. The Morgan fingerprint density at radius 2 is 2.36 bits per heavy atom. The van der Waals surface area contributed by atoms with Crippen LogP contribution in [0.3, 0.4) is 0 Å². The van der Waals surface area contributed by atoms with Crippen molar-refractivity contribution in [3.8, 4) is 5.88 Å². The van der Waals surface area contributed by atoms with E-state index < -0.39 is 0 Å². The van der Waals surface area contributed by atoms with E-state index in [0.717, 1.165) is 18.4 Å². The maximum Gasteiger partial charge on any atom is 0.213 e. The van der Waals surface area contributed by atoms with Crippen molar-refractivity contribution in [2.75, 3.05) is 0 Å². The number of ether oxygens (including phenoxy) is 1. The molecule has 78 valence electrons. The lowest BCUT2D eigenvalue weighted by atomic mass is 10.2. The minimum atomic E-state index is 0.0288. The summed E-state index contributed by atoms with van der Waals surface area (Å²) in [5.74, 6) is 0.595. The van der Waals surface area contributed by atoms with Crippen molar-refractivity contribution in [1.29, 1.82) is 0 Å². The zero-order chi connectivity index (χ0) is 10.4. The molecule has 0 aliphatic rings. The number of hydrogen-bond donors (Lipinski definition) is 1. The zero-order valence-corrected chi connectivity index (χ0v) is 8.73. The highest BCUT2D eigenvalue weighted by Gasteiger charge is 2.03. The quantitative estimate of drug-likeness (QED) is 0.782. The van der Waals surface area contributed by atoms with Crippen LogP contribution in [0.5, 0.6) is 5.88 Å². The highest BCUT2D eigenvalue weighted by atomic mass is 16.5. The van der Waals surface area contributed by atoms with Crippen LogP contribution in [-0.4, -0.2) is 16.2 Å². The lowest BCUT2D eigenvalue weighted by Crippen LogP contribution is -2.11. The van der Waals surface area contributed by atoms with Gasteiger partial charge in [-0.25, -0.2) is 4.98 Å². The number of rotatable bonds is 5. The topological polar surface area (TPSA) is 42.4 Å². The van der Waals surface area contributed by atoms with Crippen LogP contribution in [0, 0.1) is 0 Å². The molecule has 0 aromatic carbocycles. The summed E-state index contributed by atoms with van der Waals surface area (Å²) in [6.07, 6.45) is 3.95. The molecule has 0 spiro atoms. The van der Waals surface area contributed by atoms with Crippen LogP contribution in [0.2, 0.25) is 0 Å². The molecule has 3 nitrogen and oxygen atoms in total. The molecule has 0 amide bonds. The highest BCUT2D eigenvalue weighted by Crippen LogP contribution is 2.12. The molecule has 1 N–H and O–H groups in total. The minimum absolute atomic E-state index is 0.0288. The average molecular weight is 195 g/mol. The van der Waals surface area contributed by atoms with Gasteiger partial charge in [0.1, 0.15) is 0 Å². The average Bonchev–Trinajstić information content (AvgIpc) is 2.18. The summed E-state index contributed by atoms with van der Waals surface area (Å²) < 4.78 is 5.58. The monoisotopic (exact) mass is 195 g/mol. The maximum absolute atomic E-state index is 8.92. The lowest BCUT2D eigenvalue weighted by molar-refractivity contribution is 0.200. The summed E-state index contributed by atoms with van der Waals surface area (Å²) in [5, 5.41) is 8.92. The van der Waals surface area contributed by atoms with Crippen LogP contribution in [0.1, 0.15) is 32.3 Å². The van der Waals surface area contributed by atoms with Gasteiger partial charge in [-0.1, -0.05) is 13.3 Å². The van der Waals surface area contributed by atoms with Crippen molar-refractivity contribution in [2.24, 2.45) is 0 Å². The number of pyridine rings is 1. The second-order valence-corrected chi connectivity index (χ2v) is 3.38. The van der Waals surface area contributed by atoms with Gasteiger partial charge in [-0.15, -0.1) is 0 Å². The summed E-state index contributed by atoms with van der Waals surface area (Å²) >= 11 is 0. The van der Waals surface area contributed by atoms with Crippen LogP contribution in [0.25, 0.3) is 0 Å². The van der Waals surface area contributed by atoms with Gasteiger partial charge in [-0.3, -0.25) is 0 Å². The van der Waals surface area contributed by atoms with Gasteiger partial charge in [-0.2, -0.15) is 0 Å². The third-order valence-corrected chi connectivity index (χ3v) is 2.00. The molecule has 3 heteroatoms. The van der Waals surface area contributed by atoms with Crippen LogP contribution in [-0.2, 0) is 6.61 Å². The number of aromatic nitrogens is 1. The van der Waals surface area contributed by atoms with Crippen LogP contribution >= 0.6 is 0 Å². The molecule has 0 saturated carbocycles. The Kier molecular flexibility index (Phi) is 4.40. The van der Waals surface area contributed by atoms with Gasteiger partial charge in [0, 0.05) is 12.3 Å². The largest absolute Gasteiger partial charge is 0.475 e. The Balaban J connectivity index is 2.57. The van der Waals surface area contributed by atoms with E-state index in [4.69, 9.17) is 9.84 Å². The molecule has 1 aromatic rings. The Morgan fingerprint density at radius 1 is 1.57 bits per heavy atom. The van der Waals surface area contributed by atoms with Gasteiger partial charge in [0.05, 0.1) is 12.7 Å². The van der Waals surface area contributed by atoms with E-state index in [1.165, 1.54) is 0 Å². The first-order valence-corrected chi connectivity index (χ1v) is 4.98. The summed E-state index contributed by atoms with van der Waals surface area (Å²) in [6, 6.07) is 3.55. The molecule has 0 radical (unpaired) electrons. The fourth-order valence-corrected chi connectivity index (χ4v) is 1.28. The molecule has 1 unspecified atom stereocenters. The fourth-order valence-electron chi connectivity index (χ4n) is 1.28. The van der Waals surface area contributed by atoms with Gasteiger partial charge in [0.15, 0.2) is 0 Å². The van der Waals surface area contributed by atoms with Crippen LogP contribution in [0.4, 0.5) is 0 Å². The van der Waals surface area contributed by atoms with Crippen molar-refractivity contribution in [2.45, 2.75) is 39.4 Å². The number of hydrogen-bond acceptors (Lipinski definition) is 3. The summed E-state index contributed by atoms with van der Waals surface area (Å²) in [5.41, 5.74) is 0.832. The van der Waals surface area contributed by atoms with E-state index in [-0.39, 0.29) is 12.7 Å². The smallest absolute Gasteiger partial charge is 0.213 e. The molecule has 1 atom stereocenters. The molecule has 0 aliphatic carbocycles. The SMILES string of the molecule is CCCC(C)Oc1cc(CO)ccn1. The summed E-state index contributed by atoms with van der Waals surface area (Å²) in [6.45, 7) is 4.18. The third-order valence-electron chi connectivity index (χ3n) is 2.00. The molecular formula is C11H17NO2. The first-order chi connectivity index (χ1) is 6.76. The second-order valence-electron chi connectivity index (χ2n) is 3.38. The first kappa shape index (κ1) is 11.0. The molecule has 1 rings (SSSR count). The Bertz CT molecular complexity index is 276. The number of nitrogens with zero attached hydrogens (tertiary/aromatic N) is 1. The molecular weight excluding hydrogens is 178 g/mol. The number of aliphatic hydroxyl groups excluding tert-OH is 1. The molecule has 0 bridgehead atoms. The molecule has 0 aliphatic heterocycles. The van der Waals surface area contributed by atoms with Crippen molar-refractivity contribution in [3.63, 3.8) is 0 Å². The van der Waals surface area contributed by atoms with Crippen molar-refractivity contribution >= 4 is 0 Å². The van der Waals surface area contributed by atoms with Crippen LogP contribution < -0.4 is 4.74 Å². The van der Waals surface area contributed by atoms with Gasteiger partial charge >= 0.3 is 0 Å². The van der Waals surface area contributed by atoms with E-state index in [0.29, 0.717) is 5.88 Å². The van der Waals surface area contributed by atoms with E-state index in [1.807, 2.05) is 6.92 Å². The summed E-state index contributed by atoms with van der Waals surface area (Å²) in [4.78, 5) is 4.08. The maximum atomic E-state index is 8.92. The van der Waals surface area contributed by atoms with Gasteiger partial charge in [0.25, 0.3) is 0 Å². The van der Waals surface area contributed by atoms with E-state index in [1.54, 1.807) is 18.3 Å². The van der Waals surface area contributed by atoms with Crippen LogP contribution in [0.15, 0.2) is 18.3 Å². The fraction of sp³-hybridized carbons (Fsp3) is 0.545. The Labute approximate surface area is 84.7 Å². The second kappa shape index (κ2) is 5.60. The Morgan fingerprint density at radius 3 is 3.00 bits per heavy atom. The molecule has 1 heterocycles. The Hall–Kier alpha value is -1.09. The van der Waals surface area contributed by atoms with Crippen molar-refractivity contribution in [1.82, 2.24) is 4.98 Å². The van der Waals surface area contributed by atoms with Gasteiger partial charge in [-0.05, 0) is 25.0 Å². The van der Waals surface area contributed by atoms with E-state index in [9.17, 15) is 0 Å².